The summed E-state index contributed by atoms with van der Waals surface area (Å²) < 4.78 is 0. The largest absolute Gasteiger partial charge is 0.409 e. The van der Waals surface area contributed by atoms with E-state index in [1.165, 1.54) is 5.56 Å². The Balaban J connectivity index is 2.58. The van der Waals surface area contributed by atoms with E-state index in [-0.39, 0.29) is 11.9 Å². The molecule has 0 aliphatic rings. The molecule has 3 N–H and O–H groups in total. The van der Waals surface area contributed by atoms with Crippen LogP contribution in [0.15, 0.2) is 29.7 Å². The Labute approximate surface area is 102 Å². The molecule has 0 bridgehead atoms. The average Bonchev–Trinajstić information content (AvgIpc) is 2.36. The minimum atomic E-state index is 0.276. The van der Waals surface area contributed by atoms with Gasteiger partial charge in [-0.05, 0) is 31.2 Å². The summed E-state index contributed by atoms with van der Waals surface area (Å²) in [5, 5.41) is 11.6. The van der Waals surface area contributed by atoms with Crippen LogP contribution in [-0.2, 0) is 6.54 Å². The molecular weight excluding hydrogens is 216 g/mol. The first-order valence-corrected chi connectivity index (χ1v) is 5.73. The summed E-state index contributed by atoms with van der Waals surface area (Å²) in [5.74, 6) is 0.276. The van der Waals surface area contributed by atoms with Crippen LogP contribution in [0.2, 0.25) is 0 Å². The third-order valence-electron chi connectivity index (χ3n) is 2.85. The fourth-order valence-electron chi connectivity index (χ4n) is 1.80. The zero-order valence-corrected chi connectivity index (χ0v) is 10.4. The summed E-state index contributed by atoms with van der Waals surface area (Å²) in [6.45, 7) is 2.93. The predicted octanol–water partition coefficient (Wildman–Crippen LogP) is 1.43. The van der Waals surface area contributed by atoms with Crippen LogP contribution in [0.25, 0.3) is 0 Å². The lowest BCUT2D eigenvalue weighted by Crippen LogP contribution is -2.34. The Kier molecular flexibility index (Phi) is 5.42. The number of oxime groups is 1. The minimum absolute atomic E-state index is 0.276. The molecule has 5 heteroatoms. The van der Waals surface area contributed by atoms with Gasteiger partial charge in [-0.25, -0.2) is 0 Å². The van der Waals surface area contributed by atoms with Crippen LogP contribution in [0, 0.1) is 0 Å². The SMILES string of the molecule is CCC(C/C(N)=N/O)N(C)Cc1ccncc1. The average molecular weight is 236 g/mol. The van der Waals surface area contributed by atoms with Crippen LogP contribution >= 0.6 is 0 Å². The molecule has 1 atom stereocenters. The van der Waals surface area contributed by atoms with E-state index in [9.17, 15) is 0 Å². The zero-order valence-electron chi connectivity index (χ0n) is 10.4. The maximum Gasteiger partial charge on any atom is 0.140 e. The molecule has 1 rings (SSSR count). The number of amidine groups is 1. The molecule has 0 spiro atoms. The lowest BCUT2D eigenvalue weighted by Gasteiger charge is -2.26. The van der Waals surface area contributed by atoms with Gasteiger partial charge in [0.1, 0.15) is 5.84 Å². The van der Waals surface area contributed by atoms with Crippen molar-refractivity contribution in [2.24, 2.45) is 10.9 Å². The second-order valence-electron chi connectivity index (χ2n) is 4.13. The number of hydrogen-bond acceptors (Lipinski definition) is 4. The summed E-state index contributed by atoms with van der Waals surface area (Å²) in [6.07, 6.45) is 5.10. The van der Waals surface area contributed by atoms with Crippen molar-refractivity contribution < 1.29 is 5.21 Å². The van der Waals surface area contributed by atoms with Crippen molar-refractivity contribution in [3.63, 3.8) is 0 Å². The van der Waals surface area contributed by atoms with Gasteiger partial charge >= 0.3 is 0 Å². The normalized spacial score (nSPS) is 13.9. The van der Waals surface area contributed by atoms with Gasteiger partial charge in [0, 0.05) is 31.4 Å². The van der Waals surface area contributed by atoms with Crippen molar-refractivity contribution in [3.05, 3.63) is 30.1 Å². The first kappa shape index (κ1) is 13.4. The Morgan fingerprint density at radius 2 is 2.18 bits per heavy atom. The molecule has 0 amide bonds. The van der Waals surface area contributed by atoms with Crippen molar-refractivity contribution in [2.45, 2.75) is 32.4 Å². The number of hydrogen-bond donors (Lipinski definition) is 2. The van der Waals surface area contributed by atoms with Gasteiger partial charge < -0.3 is 10.9 Å². The van der Waals surface area contributed by atoms with Crippen LogP contribution in [0.4, 0.5) is 0 Å². The Hall–Kier alpha value is -1.62. The molecule has 1 unspecified atom stereocenters. The zero-order chi connectivity index (χ0) is 12.7. The van der Waals surface area contributed by atoms with E-state index in [0.717, 1.165) is 13.0 Å². The Morgan fingerprint density at radius 1 is 1.53 bits per heavy atom. The van der Waals surface area contributed by atoms with E-state index >= 15 is 0 Å². The number of aromatic nitrogens is 1. The molecule has 0 radical (unpaired) electrons. The summed E-state index contributed by atoms with van der Waals surface area (Å²) >= 11 is 0. The van der Waals surface area contributed by atoms with E-state index < -0.39 is 0 Å². The molecule has 94 valence electrons. The van der Waals surface area contributed by atoms with Gasteiger partial charge in [0.25, 0.3) is 0 Å². The molecule has 0 aliphatic carbocycles. The molecular formula is C12H20N4O. The number of rotatable bonds is 6. The number of nitrogens with zero attached hydrogens (tertiary/aromatic N) is 3. The molecule has 1 heterocycles. The second kappa shape index (κ2) is 6.85. The van der Waals surface area contributed by atoms with Crippen molar-refractivity contribution in [1.29, 1.82) is 0 Å². The van der Waals surface area contributed by atoms with Gasteiger partial charge in [-0.3, -0.25) is 9.88 Å². The lowest BCUT2D eigenvalue weighted by molar-refractivity contribution is 0.230. The van der Waals surface area contributed by atoms with Gasteiger partial charge in [-0.15, -0.1) is 0 Å². The number of pyridine rings is 1. The standard InChI is InChI=1S/C12H20N4O/c1-3-11(8-12(13)15-17)16(2)9-10-4-6-14-7-5-10/h4-7,11,17H,3,8-9H2,1-2H3,(H2,13,15). The van der Waals surface area contributed by atoms with Crippen molar-refractivity contribution >= 4 is 5.84 Å². The van der Waals surface area contributed by atoms with E-state index in [0.29, 0.717) is 6.42 Å². The molecule has 0 aromatic carbocycles. The molecule has 5 nitrogen and oxygen atoms in total. The van der Waals surface area contributed by atoms with Crippen LogP contribution < -0.4 is 5.73 Å². The highest BCUT2D eigenvalue weighted by atomic mass is 16.4. The summed E-state index contributed by atoms with van der Waals surface area (Å²) in [7, 11) is 2.04. The second-order valence-corrected chi connectivity index (χ2v) is 4.13. The fourth-order valence-corrected chi connectivity index (χ4v) is 1.80. The van der Waals surface area contributed by atoms with E-state index in [1.54, 1.807) is 12.4 Å². The topological polar surface area (TPSA) is 74.7 Å². The van der Waals surface area contributed by atoms with E-state index in [1.807, 2.05) is 19.2 Å². The maximum absolute atomic E-state index is 8.59. The molecule has 1 aromatic heterocycles. The quantitative estimate of drug-likeness (QED) is 0.339. The first-order valence-electron chi connectivity index (χ1n) is 5.73. The van der Waals surface area contributed by atoms with E-state index in [4.69, 9.17) is 10.9 Å². The van der Waals surface area contributed by atoms with Crippen LogP contribution in [-0.4, -0.2) is 34.0 Å². The van der Waals surface area contributed by atoms with Crippen LogP contribution in [0.3, 0.4) is 0 Å². The van der Waals surface area contributed by atoms with Gasteiger partial charge in [-0.2, -0.15) is 0 Å². The molecule has 0 saturated carbocycles. The highest BCUT2D eigenvalue weighted by molar-refractivity contribution is 5.80. The Morgan fingerprint density at radius 3 is 2.71 bits per heavy atom. The predicted molar refractivity (Wildman–Crippen MR) is 67.8 cm³/mol. The van der Waals surface area contributed by atoms with E-state index in [2.05, 4.69) is 22.0 Å². The molecule has 1 aromatic rings. The van der Waals surface area contributed by atoms with Crippen molar-refractivity contribution in [2.75, 3.05) is 7.05 Å². The smallest absolute Gasteiger partial charge is 0.140 e. The molecule has 0 aliphatic heterocycles. The summed E-state index contributed by atoms with van der Waals surface area (Å²) in [4.78, 5) is 6.19. The molecule has 0 saturated heterocycles. The maximum atomic E-state index is 8.59. The van der Waals surface area contributed by atoms with Crippen molar-refractivity contribution in [1.82, 2.24) is 9.88 Å². The van der Waals surface area contributed by atoms with Gasteiger partial charge in [0.15, 0.2) is 0 Å². The van der Waals surface area contributed by atoms with Crippen LogP contribution in [0.1, 0.15) is 25.3 Å². The third-order valence-corrected chi connectivity index (χ3v) is 2.85. The fraction of sp³-hybridized carbons (Fsp3) is 0.500. The van der Waals surface area contributed by atoms with Crippen LogP contribution in [0.5, 0.6) is 0 Å². The summed E-state index contributed by atoms with van der Waals surface area (Å²) in [6, 6.07) is 4.26. The third kappa shape index (κ3) is 4.40. The highest BCUT2D eigenvalue weighted by Crippen LogP contribution is 2.11. The summed E-state index contributed by atoms with van der Waals surface area (Å²) in [5.41, 5.74) is 6.75. The number of nitrogens with two attached hydrogens (primary N) is 1. The first-order chi connectivity index (χ1) is 8.17. The lowest BCUT2D eigenvalue weighted by atomic mass is 10.1. The van der Waals surface area contributed by atoms with Gasteiger partial charge in [0.2, 0.25) is 0 Å². The van der Waals surface area contributed by atoms with Gasteiger partial charge in [0.05, 0.1) is 0 Å². The molecule has 17 heavy (non-hydrogen) atoms. The molecule has 0 fully saturated rings. The minimum Gasteiger partial charge on any atom is -0.409 e. The highest BCUT2D eigenvalue weighted by Gasteiger charge is 2.14. The monoisotopic (exact) mass is 236 g/mol. The van der Waals surface area contributed by atoms with Crippen molar-refractivity contribution in [3.8, 4) is 0 Å². The Bertz CT molecular complexity index is 353. The van der Waals surface area contributed by atoms with Gasteiger partial charge in [-0.1, -0.05) is 12.1 Å².